The molecule has 3 aromatic rings. The number of phenolic OH excluding ortho intramolecular Hbond substituents is 1. The average Bonchev–Trinajstić information content (AvgIpc) is 2.79. The highest BCUT2D eigenvalue weighted by Gasteiger charge is 2.14. The molecule has 0 aliphatic carbocycles. The molecule has 0 radical (unpaired) electrons. The van der Waals surface area contributed by atoms with Crippen LogP contribution in [0.2, 0.25) is 0 Å². The molecule has 0 aliphatic heterocycles. The van der Waals surface area contributed by atoms with Crippen LogP contribution in [0, 0.1) is 0 Å². The normalized spacial score (nSPS) is 13.3. The Hall–Kier alpha value is -3.07. The molecule has 1 unspecified atom stereocenters. The molecule has 0 saturated carbocycles. The topological polar surface area (TPSA) is 108 Å². The van der Waals surface area contributed by atoms with Gasteiger partial charge in [-0.25, -0.2) is 8.42 Å². The minimum Gasteiger partial charge on any atom is -0.508 e. The van der Waals surface area contributed by atoms with Crippen LogP contribution in [-0.2, 0) is 16.4 Å². The largest absolute Gasteiger partial charge is 0.508 e. The second kappa shape index (κ2) is 11.0. The van der Waals surface area contributed by atoms with E-state index in [1.54, 1.807) is 54.6 Å². The standard InChI is InChI=1S/C24H28N2O5S/c1-18(25-16-22(28)17-31-23-13-11-21(27)12-14-23)15-19-7-9-20(10-8-19)26-32(29,30)24-5-3-2-4-6-24/h2-14,18,22,25-28H,15-17H2,1H3/t18-,22?/m0/s1. The van der Waals surface area contributed by atoms with E-state index in [9.17, 15) is 18.6 Å². The van der Waals surface area contributed by atoms with Crippen LogP contribution in [0.15, 0.2) is 83.8 Å². The number of ether oxygens (including phenoxy) is 1. The Kier molecular flexibility index (Phi) is 8.10. The van der Waals surface area contributed by atoms with Gasteiger partial charge in [0, 0.05) is 18.3 Å². The Labute approximate surface area is 188 Å². The van der Waals surface area contributed by atoms with E-state index < -0.39 is 16.1 Å². The maximum atomic E-state index is 12.4. The highest BCUT2D eigenvalue weighted by atomic mass is 32.2. The number of anilines is 1. The number of nitrogens with one attached hydrogen (secondary N) is 2. The Morgan fingerprint density at radius 1 is 0.938 bits per heavy atom. The summed E-state index contributed by atoms with van der Waals surface area (Å²) in [5.41, 5.74) is 1.54. The molecular formula is C24H28N2O5S. The number of hydrogen-bond acceptors (Lipinski definition) is 6. The zero-order chi connectivity index (χ0) is 23.0. The monoisotopic (exact) mass is 456 g/mol. The van der Waals surface area contributed by atoms with Crippen molar-refractivity contribution in [1.29, 1.82) is 0 Å². The van der Waals surface area contributed by atoms with Crippen LogP contribution in [-0.4, -0.2) is 43.9 Å². The number of sulfonamides is 1. The van der Waals surface area contributed by atoms with Crippen molar-refractivity contribution >= 4 is 15.7 Å². The number of hydrogen-bond donors (Lipinski definition) is 4. The van der Waals surface area contributed by atoms with Crippen LogP contribution >= 0.6 is 0 Å². The number of aromatic hydroxyl groups is 1. The first-order valence-corrected chi connectivity index (χ1v) is 11.8. The third kappa shape index (κ3) is 7.26. The van der Waals surface area contributed by atoms with E-state index in [1.807, 2.05) is 19.1 Å². The van der Waals surface area contributed by atoms with E-state index in [-0.39, 0.29) is 23.3 Å². The first kappa shape index (κ1) is 23.6. The Morgan fingerprint density at radius 3 is 2.25 bits per heavy atom. The van der Waals surface area contributed by atoms with Crippen molar-refractivity contribution < 1.29 is 23.4 Å². The molecule has 0 aliphatic rings. The van der Waals surface area contributed by atoms with E-state index in [1.165, 1.54) is 12.1 Å². The minimum absolute atomic E-state index is 0.102. The van der Waals surface area contributed by atoms with Gasteiger partial charge in [0.2, 0.25) is 0 Å². The number of aliphatic hydroxyl groups is 1. The lowest BCUT2D eigenvalue weighted by atomic mass is 10.1. The maximum Gasteiger partial charge on any atom is 0.261 e. The van der Waals surface area contributed by atoms with Gasteiger partial charge < -0.3 is 20.3 Å². The highest BCUT2D eigenvalue weighted by molar-refractivity contribution is 7.92. The lowest BCUT2D eigenvalue weighted by molar-refractivity contribution is 0.104. The SMILES string of the molecule is C[C@@H](Cc1ccc(NS(=O)(=O)c2ccccc2)cc1)NCC(O)COc1ccc(O)cc1. The molecular weight excluding hydrogens is 428 g/mol. The molecule has 7 nitrogen and oxygen atoms in total. The molecule has 0 aromatic heterocycles. The first-order chi connectivity index (χ1) is 15.3. The third-order valence-corrected chi connectivity index (χ3v) is 6.18. The highest BCUT2D eigenvalue weighted by Crippen LogP contribution is 2.18. The van der Waals surface area contributed by atoms with Crippen LogP contribution in [0.5, 0.6) is 11.5 Å². The summed E-state index contributed by atoms with van der Waals surface area (Å²) in [6.07, 6.45) is 0.0399. The summed E-state index contributed by atoms with van der Waals surface area (Å²) in [5.74, 6) is 0.743. The van der Waals surface area contributed by atoms with Crippen LogP contribution in [0.1, 0.15) is 12.5 Å². The van der Waals surface area contributed by atoms with Gasteiger partial charge in [-0.15, -0.1) is 0 Å². The molecule has 170 valence electrons. The zero-order valence-electron chi connectivity index (χ0n) is 17.8. The molecule has 8 heteroatoms. The lowest BCUT2D eigenvalue weighted by Gasteiger charge is -2.18. The summed E-state index contributed by atoms with van der Waals surface area (Å²) in [5, 5.41) is 22.7. The molecule has 0 amide bonds. The second-order valence-corrected chi connectivity index (χ2v) is 9.27. The minimum atomic E-state index is -3.61. The first-order valence-electron chi connectivity index (χ1n) is 10.3. The van der Waals surface area contributed by atoms with Crippen LogP contribution in [0.3, 0.4) is 0 Å². The van der Waals surface area contributed by atoms with Gasteiger partial charge in [-0.2, -0.15) is 0 Å². The van der Waals surface area contributed by atoms with E-state index in [0.717, 1.165) is 12.0 Å². The fraction of sp³-hybridized carbons (Fsp3) is 0.250. The van der Waals surface area contributed by atoms with Gasteiger partial charge in [0.1, 0.15) is 24.2 Å². The fourth-order valence-electron chi connectivity index (χ4n) is 3.08. The molecule has 0 bridgehead atoms. The molecule has 0 spiro atoms. The quantitative estimate of drug-likeness (QED) is 0.353. The molecule has 32 heavy (non-hydrogen) atoms. The van der Waals surface area contributed by atoms with E-state index in [2.05, 4.69) is 10.0 Å². The summed E-state index contributed by atoms with van der Waals surface area (Å²) in [6, 6.07) is 21.9. The molecule has 4 N–H and O–H groups in total. The number of phenols is 1. The van der Waals surface area contributed by atoms with E-state index >= 15 is 0 Å². The van der Waals surface area contributed by atoms with E-state index in [0.29, 0.717) is 18.0 Å². The Morgan fingerprint density at radius 2 is 1.59 bits per heavy atom. The van der Waals surface area contributed by atoms with Crippen molar-refractivity contribution in [3.05, 3.63) is 84.4 Å². The number of aliphatic hydroxyl groups excluding tert-OH is 1. The number of benzene rings is 3. The molecule has 2 atom stereocenters. The van der Waals surface area contributed by atoms with Gasteiger partial charge in [-0.3, -0.25) is 4.72 Å². The van der Waals surface area contributed by atoms with Crippen molar-refractivity contribution in [2.24, 2.45) is 0 Å². The average molecular weight is 457 g/mol. The Bertz CT molecular complexity index is 1070. The van der Waals surface area contributed by atoms with Crippen molar-refractivity contribution in [1.82, 2.24) is 5.32 Å². The maximum absolute atomic E-state index is 12.4. The summed E-state index contributed by atoms with van der Waals surface area (Å²) >= 11 is 0. The predicted octanol–water partition coefficient (Wildman–Crippen LogP) is 3.15. The van der Waals surface area contributed by atoms with Crippen LogP contribution in [0.4, 0.5) is 5.69 Å². The smallest absolute Gasteiger partial charge is 0.261 e. The van der Waals surface area contributed by atoms with Crippen molar-refractivity contribution in [2.45, 2.75) is 30.4 Å². The Balaban J connectivity index is 1.43. The van der Waals surface area contributed by atoms with Crippen molar-refractivity contribution in [2.75, 3.05) is 17.9 Å². The van der Waals surface area contributed by atoms with Gasteiger partial charge in [0.25, 0.3) is 10.0 Å². The molecule has 0 heterocycles. The summed E-state index contributed by atoms with van der Waals surface area (Å²) in [7, 11) is -3.61. The molecule has 0 fully saturated rings. The predicted molar refractivity (Wildman–Crippen MR) is 124 cm³/mol. The van der Waals surface area contributed by atoms with E-state index in [4.69, 9.17) is 4.74 Å². The van der Waals surface area contributed by atoms with Gasteiger partial charge in [0.15, 0.2) is 0 Å². The van der Waals surface area contributed by atoms with Gasteiger partial charge >= 0.3 is 0 Å². The molecule has 3 rings (SSSR count). The van der Waals surface area contributed by atoms with Crippen LogP contribution < -0.4 is 14.8 Å². The van der Waals surface area contributed by atoms with Crippen molar-refractivity contribution in [3.8, 4) is 11.5 Å². The third-order valence-electron chi connectivity index (χ3n) is 4.78. The zero-order valence-corrected chi connectivity index (χ0v) is 18.6. The molecule has 0 saturated heterocycles. The number of rotatable bonds is 11. The summed E-state index contributed by atoms with van der Waals surface area (Å²) in [4.78, 5) is 0.217. The van der Waals surface area contributed by atoms with Crippen molar-refractivity contribution in [3.63, 3.8) is 0 Å². The van der Waals surface area contributed by atoms with Gasteiger partial charge in [-0.1, -0.05) is 30.3 Å². The fourth-order valence-corrected chi connectivity index (χ4v) is 4.16. The molecule has 3 aromatic carbocycles. The second-order valence-electron chi connectivity index (χ2n) is 7.59. The van der Waals surface area contributed by atoms with Gasteiger partial charge in [-0.05, 0) is 67.4 Å². The van der Waals surface area contributed by atoms with Gasteiger partial charge in [0.05, 0.1) is 4.90 Å². The lowest BCUT2D eigenvalue weighted by Crippen LogP contribution is -2.37. The summed E-state index contributed by atoms with van der Waals surface area (Å²) < 4.78 is 32.9. The van der Waals surface area contributed by atoms with Crippen LogP contribution in [0.25, 0.3) is 0 Å². The summed E-state index contributed by atoms with van der Waals surface area (Å²) in [6.45, 7) is 2.52.